The molecule has 1 aliphatic heterocycles. The minimum atomic E-state index is -0.946. The molecule has 0 aromatic heterocycles. The van der Waals surface area contributed by atoms with E-state index >= 15 is 0 Å². The van der Waals surface area contributed by atoms with Crippen LogP contribution in [0.2, 0.25) is 0 Å². The van der Waals surface area contributed by atoms with Crippen molar-refractivity contribution in [1.29, 1.82) is 0 Å². The number of nitrogens with zero attached hydrogens (tertiary/aromatic N) is 1. The van der Waals surface area contributed by atoms with Crippen molar-refractivity contribution in [3.05, 3.63) is 70.8 Å². The van der Waals surface area contributed by atoms with Crippen molar-refractivity contribution in [2.24, 2.45) is 0 Å². The van der Waals surface area contributed by atoms with Gasteiger partial charge in [-0.25, -0.2) is 13.6 Å². The molecule has 1 saturated heterocycles. The Morgan fingerprint density at radius 2 is 2.00 bits per heavy atom. The van der Waals surface area contributed by atoms with Crippen LogP contribution in [0.5, 0.6) is 0 Å². The fourth-order valence-corrected chi connectivity index (χ4v) is 3.00. The van der Waals surface area contributed by atoms with E-state index in [0.717, 1.165) is 17.7 Å². The van der Waals surface area contributed by atoms with Crippen molar-refractivity contribution in [2.45, 2.75) is 12.6 Å². The largest absolute Gasteiger partial charge is 0.370 e. The van der Waals surface area contributed by atoms with Crippen molar-refractivity contribution in [2.75, 3.05) is 26.7 Å². The molecule has 28 heavy (non-hydrogen) atoms. The fraction of sp³-hybridized carbons (Fsp3) is 0.300. The third kappa shape index (κ3) is 4.64. The fourth-order valence-electron chi connectivity index (χ4n) is 3.00. The van der Waals surface area contributed by atoms with Gasteiger partial charge in [0.2, 0.25) is 0 Å². The molecule has 3 amide bonds. The maximum atomic E-state index is 13.5. The third-order valence-corrected chi connectivity index (χ3v) is 4.53. The van der Waals surface area contributed by atoms with E-state index in [4.69, 9.17) is 4.74 Å². The second-order valence-corrected chi connectivity index (χ2v) is 6.42. The van der Waals surface area contributed by atoms with Crippen LogP contribution in [-0.2, 0) is 11.3 Å². The van der Waals surface area contributed by atoms with Crippen LogP contribution in [0, 0.1) is 11.6 Å². The summed E-state index contributed by atoms with van der Waals surface area (Å²) in [5.41, 5.74) is 1.79. The summed E-state index contributed by atoms with van der Waals surface area (Å²) in [7, 11) is 1.55. The van der Waals surface area contributed by atoms with Gasteiger partial charge in [0.25, 0.3) is 5.91 Å². The molecule has 0 spiro atoms. The van der Waals surface area contributed by atoms with Gasteiger partial charge in [0, 0.05) is 25.7 Å². The average molecular weight is 389 g/mol. The first-order chi connectivity index (χ1) is 13.5. The summed E-state index contributed by atoms with van der Waals surface area (Å²) in [5.74, 6) is -2.07. The topological polar surface area (TPSA) is 70.7 Å². The van der Waals surface area contributed by atoms with E-state index in [9.17, 15) is 18.4 Å². The molecule has 1 unspecified atom stereocenters. The molecular weight excluding hydrogens is 368 g/mol. The number of carbonyl (C=O) groups is 2. The summed E-state index contributed by atoms with van der Waals surface area (Å²) in [6.45, 7) is 1.18. The van der Waals surface area contributed by atoms with Gasteiger partial charge in [-0.05, 0) is 35.4 Å². The Kier molecular flexibility index (Phi) is 6.20. The van der Waals surface area contributed by atoms with E-state index in [1.54, 1.807) is 30.1 Å². The van der Waals surface area contributed by atoms with Gasteiger partial charge in [-0.2, -0.15) is 0 Å². The Balaban J connectivity index is 1.60. The molecular formula is C20H21F2N3O3. The maximum Gasteiger partial charge on any atom is 0.317 e. The molecule has 0 radical (unpaired) electrons. The van der Waals surface area contributed by atoms with Crippen LogP contribution in [0.25, 0.3) is 0 Å². The number of hydrogen-bond acceptors (Lipinski definition) is 3. The lowest BCUT2D eigenvalue weighted by Gasteiger charge is -2.33. The smallest absolute Gasteiger partial charge is 0.317 e. The molecule has 1 heterocycles. The Morgan fingerprint density at radius 1 is 1.18 bits per heavy atom. The molecule has 6 nitrogen and oxygen atoms in total. The number of ether oxygens (including phenoxy) is 1. The number of nitrogens with one attached hydrogen (secondary N) is 2. The van der Waals surface area contributed by atoms with Gasteiger partial charge >= 0.3 is 6.03 Å². The van der Waals surface area contributed by atoms with Crippen LogP contribution in [0.15, 0.2) is 42.5 Å². The highest BCUT2D eigenvalue weighted by atomic mass is 19.2. The Bertz CT molecular complexity index is 876. The van der Waals surface area contributed by atoms with E-state index in [2.05, 4.69) is 10.6 Å². The zero-order chi connectivity index (χ0) is 20.1. The molecule has 1 aliphatic rings. The Morgan fingerprint density at radius 3 is 2.75 bits per heavy atom. The minimum Gasteiger partial charge on any atom is -0.370 e. The molecule has 0 bridgehead atoms. The number of urea groups is 1. The lowest BCUT2D eigenvalue weighted by atomic mass is 10.1. The number of halogens is 2. The average Bonchev–Trinajstić information content (AvgIpc) is 2.73. The molecule has 2 aromatic carbocycles. The third-order valence-electron chi connectivity index (χ3n) is 4.53. The SMILES string of the molecule is CNC(=O)c1cccc(CNC(=O)N2CCOC(c3ccc(F)c(F)c3)C2)c1. The highest BCUT2D eigenvalue weighted by molar-refractivity contribution is 5.94. The lowest BCUT2D eigenvalue weighted by molar-refractivity contribution is -0.0156. The standard InChI is InChI=1S/C20H21F2N3O3/c1-23-19(26)15-4-2-3-13(9-15)11-24-20(27)25-7-8-28-18(12-25)14-5-6-16(21)17(22)10-14/h2-6,9-10,18H,7-8,11-12H2,1H3,(H,23,26)(H,24,27). The zero-order valence-electron chi connectivity index (χ0n) is 15.4. The number of rotatable bonds is 4. The van der Waals surface area contributed by atoms with Crippen molar-refractivity contribution in [3.8, 4) is 0 Å². The van der Waals surface area contributed by atoms with Gasteiger partial charge in [-0.15, -0.1) is 0 Å². The molecule has 148 valence electrons. The van der Waals surface area contributed by atoms with Gasteiger partial charge in [-0.3, -0.25) is 4.79 Å². The minimum absolute atomic E-state index is 0.198. The van der Waals surface area contributed by atoms with Crippen molar-refractivity contribution >= 4 is 11.9 Å². The quantitative estimate of drug-likeness (QED) is 0.845. The first kappa shape index (κ1) is 19.8. The lowest BCUT2D eigenvalue weighted by Crippen LogP contribution is -2.47. The van der Waals surface area contributed by atoms with Crippen LogP contribution < -0.4 is 10.6 Å². The summed E-state index contributed by atoms with van der Waals surface area (Å²) in [6, 6.07) is 10.3. The zero-order valence-corrected chi connectivity index (χ0v) is 15.4. The number of benzene rings is 2. The predicted octanol–water partition coefficient (Wildman–Crippen LogP) is 2.61. The van der Waals surface area contributed by atoms with Gasteiger partial charge in [0.15, 0.2) is 11.6 Å². The second-order valence-electron chi connectivity index (χ2n) is 6.42. The number of morpholine rings is 1. The van der Waals surface area contributed by atoms with E-state index in [-0.39, 0.29) is 25.0 Å². The Hall–Kier alpha value is -3.00. The molecule has 0 aliphatic carbocycles. The Labute approximate surface area is 161 Å². The van der Waals surface area contributed by atoms with Crippen LogP contribution in [0.4, 0.5) is 13.6 Å². The number of carbonyl (C=O) groups excluding carboxylic acids is 2. The first-order valence-electron chi connectivity index (χ1n) is 8.88. The van der Waals surface area contributed by atoms with Crippen LogP contribution in [0.1, 0.15) is 27.6 Å². The van der Waals surface area contributed by atoms with E-state index in [0.29, 0.717) is 24.3 Å². The number of amides is 3. The summed E-state index contributed by atoms with van der Waals surface area (Å²) in [5, 5.41) is 5.37. The molecule has 2 aromatic rings. The normalized spacial score (nSPS) is 16.5. The summed E-state index contributed by atoms with van der Waals surface area (Å²) < 4.78 is 32.2. The van der Waals surface area contributed by atoms with Crippen LogP contribution in [-0.4, -0.2) is 43.6 Å². The van der Waals surface area contributed by atoms with E-state index < -0.39 is 17.7 Å². The van der Waals surface area contributed by atoms with Gasteiger partial charge in [0.1, 0.15) is 6.10 Å². The van der Waals surface area contributed by atoms with Crippen molar-refractivity contribution in [3.63, 3.8) is 0 Å². The maximum absolute atomic E-state index is 13.5. The van der Waals surface area contributed by atoms with Gasteiger partial charge in [-0.1, -0.05) is 18.2 Å². The summed E-state index contributed by atoms with van der Waals surface area (Å²) >= 11 is 0. The molecule has 1 atom stereocenters. The van der Waals surface area contributed by atoms with E-state index in [1.807, 2.05) is 6.07 Å². The number of hydrogen-bond donors (Lipinski definition) is 2. The first-order valence-corrected chi connectivity index (χ1v) is 8.88. The second kappa shape index (κ2) is 8.79. The molecule has 0 saturated carbocycles. The van der Waals surface area contributed by atoms with Crippen LogP contribution in [0.3, 0.4) is 0 Å². The predicted molar refractivity (Wildman–Crippen MR) is 98.7 cm³/mol. The summed E-state index contributed by atoms with van der Waals surface area (Å²) in [6.07, 6.45) is -0.522. The van der Waals surface area contributed by atoms with E-state index in [1.165, 1.54) is 6.07 Å². The monoisotopic (exact) mass is 389 g/mol. The summed E-state index contributed by atoms with van der Waals surface area (Å²) in [4.78, 5) is 25.8. The molecule has 2 N–H and O–H groups in total. The highest BCUT2D eigenvalue weighted by Gasteiger charge is 2.26. The molecule has 8 heteroatoms. The van der Waals surface area contributed by atoms with Crippen molar-refractivity contribution in [1.82, 2.24) is 15.5 Å². The van der Waals surface area contributed by atoms with Crippen LogP contribution >= 0.6 is 0 Å². The van der Waals surface area contributed by atoms with Crippen molar-refractivity contribution < 1.29 is 23.1 Å². The molecule has 3 rings (SSSR count). The highest BCUT2D eigenvalue weighted by Crippen LogP contribution is 2.23. The molecule has 1 fully saturated rings. The van der Waals surface area contributed by atoms with Gasteiger partial charge < -0.3 is 20.3 Å². The van der Waals surface area contributed by atoms with Gasteiger partial charge in [0.05, 0.1) is 13.2 Å².